The lowest BCUT2D eigenvalue weighted by Gasteiger charge is -2.13. The quantitative estimate of drug-likeness (QED) is 0.557. The van der Waals surface area contributed by atoms with Gasteiger partial charge in [-0.15, -0.1) is 0 Å². The van der Waals surface area contributed by atoms with Gasteiger partial charge in [0, 0.05) is 18.3 Å². The number of hydrogen-bond donors (Lipinski definition) is 3. The van der Waals surface area contributed by atoms with Gasteiger partial charge in [0.2, 0.25) is 5.91 Å². The summed E-state index contributed by atoms with van der Waals surface area (Å²) in [4.78, 5) is 16.0. The van der Waals surface area contributed by atoms with Crippen molar-refractivity contribution in [3.8, 4) is 0 Å². The molecule has 0 saturated carbocycles. The molecular formula is C14H22N4O. The molecule has 0 aromatic heterocycles. The maximum atomic E-state index is 11.7. The Balaban J connectivity index is 2.50. The third-order valence-electron chi connectivity index (χ3n) is 2.21. The van der Waals surface area contributed by atoms with Crippen molar-refractivity contribution in [1.82, 2.24) is 10.6 Å². The van der Waals surface area contributed by atoms with Crippen molar-refractivity contribution in [2.45, 2.75) is 26.8 Å². The van der Waals surface area contributed by atoms with Crippen molar-refractivity contribution in [3.63, 3.8) is 0 Å². The van der Waals surface area contributed by atoms with Crippen LogP contribution in [0.25, 0.3) is 0 Å². The molecule has 0 fully saturated rings. The molecule has 0 unspecified atom stereocenters. The van der Waals surface area contributed by atoms with Gasteiger partial charge in [-0.3, -0.25) is 4.79 Å². The number of rotatable bonds is 5. The van der Waals surface area contributed by atoms with E-state index in [9.17, 15) is 4.79 Å². The van der Waals surface area contributed by atoms with Crippen molar-refractivity contribution in [3.05, 3.63) is 30.3 Å². The zero-order chi connectivity index (χ0) is 14.1. The molecule has 1 rings (SSSR count). The van der Waals surface area contributed by atoms with Crippen LogP contribution in [0, 0.1) is 0 Å². The number of anilines is 1. The Labute approximate surface area is 114 Å². The van der Waals surface area contributed by atoms with E-state index in [4.69, 9.17) is 0 Å². The van der Waals surface area contributed by atoms with Crippen LogP contribution in [0.4, 0.5) is 5.69 Å². The number of benzene rings is 1. The van der Waals surface area contributed by atoms with Crippen molar-refractivity contribution in [2.24, 2.45) is 4.99 Å². The van der Waals surface area contributed by atoms with Crippen LogP contribution in [0.15, 0.2) is 35.3 Å². The third-order valence-corrected chi connectivity index (χ3v) is 2.21. The first-order chi connectivity index (χ1) is 9.11. The van der Waals surface area contributed by atoms with Gasteiger partial charge < -0.3 is 16.0 Å². The van der Waals surface area contributed by atoms with Gasteiger partial charge in [0.15, 0.2) is 5.96 Å². The van der Waals surface area contributed by atoms with Gasteiger partial charge in [-0.1, -0.05) is 18.2 Å². The summed E-state index contributed by atoms with van der Waals surface area (Å²) in [7, 11) is 0. The van der Waals surface area contributed by atoms with Crippen LogP contribution in [-0.4, -0.2) is 31.0 Å². The molecule has 1 aromatic carbocycles. The summed E-state index contributed by atoms with van der Waals surface area (Å²) in [6.07, 6.45) is 0. The smallest absolute Gasteiger partial charge is 0.246 e. The van der Waals surface area contributed by atoms with Crippen LogP contribution in [0.2, 0.25) is 0 Å². The molecule has 0 spiro atoms. The summed E-state index contributed by atoms with van der Waals surface area (Å²) in [6, 6.07) is 9.63. The number of hydrogen-bond acceptors (Lipinski definition) is 2. The van der Waals surface area contributed by atoms with E-state index in [1.807, 2.05) is 51.1 Å². The SMILES string of the molecule is CCNC(=NCC(=O)Nc1ccccc1)NC(C)C. The summed E-state index contributed by atoms with van der Waals surface area (Å²) in [5.74, 6) is 0.521. The van der Waals surface area contributed by atoms with Gasteiger partial charge in [-0.25, -0.2) is 4.99 Å². The molecule has 0 heterocycles. The van der Waals surface area contributed by atoms with Crippen LogP contribution < -0.4 is 16.0 Å². The third kappa shape index (κ3) is 6.45. The molecule has 1 amide bonds. The van der Waals surface area contributed by atoms with E-state index >= 15 is 0 Å². The second-order valence-corrected chi connectivity index (χ2v) is 4.41. The summed E-state index contributed by atoms with van der Waals surface area (Å²) in [6.45, 7) is 6.89. The van der Waals surface area contributed by atoms with Crippen LogP contribution in [0.3, 0.4) is 0 Å². The predicted molar refractivity (Wildman–Crippen MR) is 79.3 cm³/mol. The van der Waals surface area contributed by atoms with Gasteiger partial charge >= 0.3 is 0 Å². The van der Waals surface area contributed by atoms with E-state index in [0.29, 0.717) is 5.96 Å². The van der Waals surface area contributed by atoms with E-state index in [1.165, 1.54) is 0 Å². The zero-order valence-corrected chi connectivity index (χ0v) is 11.7. The number of para-hydroxylation sites is 1. The molecule has 0 bridgehead atoms. The largest absolute Gasteiger partial charge is 0.357 e. The highest BCUT2D eigenvalue weighted by Gasteiger charge is 2.03. The highest BCUT2D eigenvalue weighted by molar-refractivity contribution is 5.94. The second kappa shape index (κ2) is 8.13. The fourth-order valence-corrected chi connectivity index (χ4v) is 1.47. The van der Waals surface area contributed by atoms with Gasteiger partial charge in [-0.05, 0) is 32.9 Å². The van der Waals surface area contributed by atoms with E-state index in [0.717, 1.165) is 12.2 Å². The van der Waals surface area contributed by atoms with E-state index in [1.54, 1.807) is 0 Å². The Kier molecular flexibility index (Phi) is 6.43. The van der Waals surface area contributed by atoms with Crippen molar-refractivity contribution < 1.29 is 4.79 Å². The lowest BCUT2D eigenvalue weighted by molar-refractivity contribution is -0.114. The van der Waals surface area contributed by atoms with Gasteiger partial charge in [0.25, 0.3) is 0 Å². The molecule has 5 nitrogen and oxygen atoms in total. The summed E-state index contributed by atoms with van der Waals surface area (Å²) < 4.78 is 0. The van der Waals surface area contributed by atoms with Crippen molar-refractivity contribution in [1.29, 1.82) is 0 Å². The molecular weight excluding hydrogens is 240 g/mol. The van der Waals surface area contributed by atoms with E-state index in [2.05, 4.69) is 20.9 Å². The summed E-state index contributed by atoms with van der Waals surface area (Å²) in [5.41, 5.74) is 0.782. The maximum Gasteiger partial charge on any atom is 0.246 e. The van der Waals surface area contributed by atoms with Gasteiger partial charge in [0.1, 0.15) is 6.54 Å². The summed E-state index contributed by atoms with van der Waals surface area (Å²) >= 11 is 0. The number of amides is 1. The first-order valence-electron chi connectivity index (χ1n) is 6.51. The number of nitrogens with zero attached hydrogens (tertiary/aromatic N) is 1. The first kappa shape index (κ1) is 15.0. The zero-order valence-electron chi connectivity index (χ0n) is 11.7. The van der Waals surface area contributed by atoms with Crippen LogP contribution in [-0.2, 0) is 4.79 Å². The normalized spacial score (nSPS) is 11.3. The first-order valence-corrected chi connectivity index (χ1v) is 6.51. The second-order valence-electron chi connectivity index (χ2n) is 4.41. The molecule has 104 valence electrons. The van der Waals surface area contributed by atoms with Crippen molar-refractivity contribution in [2.75, 3.05) is 18.4 Å². The van der Waals surface area contributed by atoms with E-state index in [-0.39, 0.29) is 18.5 Å². The lowest BCUT2D eigenvalue weighted by atomic mass is 10.3. The Morgan fingerprint density at radius 3 is 2.53 bits per heavy atom. The molecule has 0 aliphatic rings. The molecule has 0 radical (unpaired) electrons. The van der Waals surface area contributed by atoms with Crippen LogP contribution >= 0.6 is 0 Å². The Bertz CT molecular complexity index is 415. The minimum atomic E-state index is -0.132. The molecule has 0 aliphatic carbocycles. The Hall–Kier alpha value is -2.04. The number of aliphatic imine (C=N–C) groups is 1. The predicted octanol–water partition coefficient (Wildman–Crippen LogP) is 1.59. The molecule has 5 heteroatoms. The Morgan fingerprint density at radius 2 is 1.95 bits per heavy atom. The fourth-order valence-electron chi connectivity index (χ4n) is 1.47. The monoisotopic (exact) mass is 262 g/mol. The highest BCUT2D eigenvalue weighted by atomic mass is 16.1. The highest BCUT2D eigenvalue weighted by Crippen LogP contribution is 2.04. The van der Waals surface area contributed by atoms with Gasteiger partial charge in [-0.2, -0.15) is 0 Å². The summed E-state index contributed by atoms with van der Waals surface area (Å²) in [5, 5.41) is 9.04. The molecule has 1 aromatic rings. The molecule has 19 heavy (non-hydrogen) atoms. The van der Waals surface area contributed by atoms with Crippen LogP contribution in [0.5, 0.6) is 0 Å². The number of nitrogens with one attached hydrogen (secondary N) is 3. The van der Waals surface area contributed by atoms with Crippen LogP contribution in [0.1, 0.15) is 20.8 Å². The average Bonchev–Trinajstić information content (AvgIpc) is 2.37. The molecule has 0 atom stereocenters. The minimum absolute atomic E-state index is 0.0942. The maximum absolute atomic E-state index is 11.7. The molecule has 0 saturated heterocycles. The van der Waals surface area contributed by atoms with E-state index < -0.39 is 0 Å². The standard InChI is InChI=1S/C14H22N4O/c1-4-15-14(17-11(2)3)16-10-13(19)18-12-8-6-5-7-9-12/h5-9,11H,4,10H2,1-3H3,(H,18,19)(H2,15,16,17). The number of carbonyl (C=O) groups excluding carboxylic acids is 1. The molecule has 3 N–H and O–H groups in total. The Morgan fingerprint density at radius 1 is 1.26 bits per heavy atom. The molecule has 0 aliphatic heterocycles. The number of carbonyl (C=O) groups is 1. The van der Waals surface area contributed by atoms with Crippen molar-refractivity contribution >= 4 is 17.6 Å². The lowest BCUT2D eigenvalue weighted by Crippen LogP contribution is -2.41. The minimum Gasteiger partial charge on any atom is -0.357 e. The number of guanidine groups is 1. The average molecular weight is 262 g/mol. The van der Waals surface area contributed by atoms with Gasteiger partial charge in [0.05, 0.1) is 0 Å². The fraction of sp³-hybridized carbons (Fsp3) is 0.429. The topological polar surface area (TPSA) is 65.5 Å².